The van der Waals surface area contributed by atoms with Gasteiger partial charge in [0.25, 0.3) is 0 Å². The number of hydrogen-bond acceptors (Lipinski definition) is 11. The van der Waals surface area contributed by atoms with Gasteiger partial charge >= 0.3 is 264 Å². The standard InChI is InChI=1S/C46H77N5O10SeSi2/c1-19-46(12,36(28-57-30-55-13)48-40(52)37(49-42(54)59-43(3,4)5)31(2)29-62-33-23-21-20-22-24-33)58-35-27-32(25-26-34(35)60-63(15,16)44(6,7)8)39(38(50-51-47)41(53)56-14)61-64(17,18)45(9,10)11/h20-27,31,36-39H,19,28-30H2,1-18H3,(H,48,52)(H,49,54)/t31?,36?,37-,38-,39-,46+/m0/s1. The summed E-state index contributed by atoms with van der Waals surface area (Å²) in [4.78, 5) is 44.3. The number of ether oxygens (including phenoxy) is 5. The number of carbonyl (C=O) groups is 3. The summed E-state index contributed by atoms with van der Waals surface area (Å²) in [5, 5.41) is 10.1. The predicted molar refractivity (Wildman–Crippen MR) is 258 cm³/mol. The fraction of sp³-hybridized carbons (Fsp3) is 0.674. The first kappa shape index (κ1) is 56.5. The summed E-state index contributed by atoms with van der Waals surface area (Å²) in [5.74, 6) is -0.728. The molecule has 0 aliphatic carbocycles. The van der Waals surface area contributed by atoms with Gasteiger partial charge in [0.05, 0.1) is 7.11 Å². The molecule has 0 fully saturated rings. The van der Waals surface area contributed by atoms with E-state index in [2.05, 4.69) is 87.4 Å². The van der Waals surface area contributed by atoms with E-state index in [1.807, 2.05) is 52.1 Å². The quantitative estimate of drug-likeness (QED) is 0.0206. The Balaban J connectivity index is 2.85. The van der Waals surface area contributed by atoms with E-state index in [4.69, 9.17) is 32.5 Å². The van der Waals surface area contributed by atoms with Crippen LogP contribution in [0.15, 0.2) is 53.6 Å². The number of hydrogen-bond donors (Lipinski definition) is 2. The number of nitrogens with zero attached hydrogens (tertiary/aromatic N) is 3. The van der Waals surface area contributed by atoms with Crippen molar-refractivity contribution >= 4 is 54.0 Å². The third kappa shape index (κ3) is 16.7. The Kier molecular flexibility index (Phi) is 21.0. The molecule has 64 heavy (non-hydrogen) atoms. The maximum absolute atomic E-state index is 14.7. The number of azide groups is 1. The number of methoxy groups -OCH3 is 2. The molecule has 18 heteroatoms. The molecular formula is C46H77N5O10SeSi2. The van der Waals surface area contributed by atoms with Gasteiger partial charge in [0.2, 0.25) is 0 Å². The molecule has 2 rings (SSSR count). The number of nitrogens with one attached hydrogen (secondary N) is 2. The topological polar surface area (TPSA) is 189 Å². The van der Waals surface area contributed by atoms with E-state index in [-0.39, 0.29) is 44.4 Å². The van der Waals surface area contributed by atoms with Crippen LogP contribution in [0.1, 0.15) is 101 Å². The third-order valence-electron chi connectivity index (χ3n) is 12.0. The molecule has 0 radical (unpaired) electrons. The first-order valence-electron chi connectivity index (χ1n) is 21.8. The summed E-state index contributed by atoms with van der Waals surface area (Å²) in [6, 6.07) is 12.2. The van der Waals surface area contributed by atoms with E-state index in [1.165, 1.54) is 18.7 Å². The predicted octanol–water partition coefficient (Wildman–Crippen LogP) is 9.62. The summed E-state index contributed by atoms with van der Waals surface area (Å²) in [5.41, 5.74) is 8.19. The van der Waals surface area contributed by atoms with Crippen LogP contribution >= 0.6 is 0 Å². The van der Waals surface area contributed by atoms with Gasteiger partial charge in [0.15, 0.2) is 14.4 Å². The second-order valence-electron chi connectivity index (χ2n) is 20.4. The van der Waals surface area contributed by atoms with Crippen molar-refractivity contribution in [2.75, 3.05) is 27.6 Å². The summed E-state index contributed by atoms with van der Waals surface area (Å²) in [6.07, 6.45) is -1.40. The molecule has 2 aromatic carbocycles. The van der Waals surface area contributed by atoms with E-state index in [9.17, 15) is 19.9 Å². The molecule has 2 aromatic rings. The summed E-state index contributed by atoms with van der Waals surface area (Å²) in [7, 11) is -2.40. The van der Waals surface area contributed by atoms with E-state index >= 15 is 0 Å². The number of alkyl carbamates (subject to hydrolysis) is 1. The van der Waals surface area contributed by atoms with Crippen molar-refractivity contribution in [3.05, 3.63) is 64.5 Å². The number of rotatable bonds is 23. The number of amides is 2. The van der Waals surface area contributed by atoms with E-state index in [0.717, 1.165) is 0 Å². The van der Waals surface area contributed by atoms with Crippen LogP contribution in [0.3, 0.4) is 0 Å². The van der Waals surface area contributed by atoms with Crippen LogP contribution in [0.4, 0.5) is 4.79 Å². The molecule has 15 nitrogen and oxygen atoms in total. The first-order chi connectivity index (χ1) is 29.5. The zero-order valence-corrected chi connectivity index (χ0v) is 45.4. The van der Waals surface area contributed by atoms with Crippen LogP contribution in [-0.4, -0.2) is 107 Å². The second kappa shape index (κ2) is 23.7. The molecule has 6 atom stereocenters. The third-order valence-corrected chi connectivity index (χ3v) is 23.5. The van der Waals surface area contributed by atoms with Gasteiger partial charge in [-0.25, -0.2) is 0 Å². The van der Waals surface area contributed by atoms with Crippen molar-refractivity contribution in [3.63, 3.8) is 0 Å². The van der Waals surface area contributed by atoms with Gasteiger partial charge in [-0.05, 0) is 41.8 Å². The van der Waals surface area contributed by atoms with Crippen LogP contribution in [0, 0.1) is 5.92 Å². The van der Waals surface area contributed by atoms with E-state index < -0.39 is 70.0 Å². The van der Waals surface area contributed by atoms with Crippen molar-refractivity contribution in [1.29, 1.82) is 0 Å². The normalized spacial score (nSPS) is 15.8. The Morgan fingerprint density at radius 3 is 1.98 bits per heavy atom. The Morgan fingerprint density at radius 2 is 1.47 bits per heavy atom. The van der Waals surface area contributed by atoms with Crippen LogP contribution < -0.4 is 24.3 Å². The summed E-state index contributed by atoms with van der Waals surface area (Å²) in [6.45, 7) is 32.0. The van der Waals surface area contributed by atoms with Gasteiger partial charge in [-0.1, -0.05) is 46.7 Å². The molecular weight excluding hydrogens is 918 g/mol. The number of carbonyl (C=O) groups excluding carboxylic acids is 3. The van der Waals surface area contributed by atoms with Crippen molar-refractivity contribution in [3.8, 4) is 11.5 Å². The molecule has 0 bridgehead atoms. The summed E-state index contributed by atoms with van der Waals surface area (Å²) < 4.78 is 44.1. The van der Waals surface area contributed by atoms with Gasteiger partial charge in [-0.2, -0.15) is 0 Å². The van der Waals surface area contributed by atoms with Crippen LogP contribution in [0.5, 0.6) is 11.5 Å². The van der Waals surface area contributed by atoms with Crippen molar-refractivity contribution in [2.45, 2.75) is 167 Å². The van der Waals surface area contributed by atoms with Crippen LogP contribution in [0.25, 0.3) is 10.4 Å². The molecule has 0 aliphatic heterocycles. The Labute approximate surface area is 391 Å². The monoisotopic (exact) mass is 995 g/mol. The summed E-state index contributed by atoms with van der Waals surface area (Å²) >= 11 is 0.0139. The van der Waals surface area contributed by atoms with Crippen LogP contribution in [-0.2, 0) is 33.0 Å². The van der Waals surface area contributed by atoms with Crippen molar-refractivity contribution < 1.29 is 46.9 Å². The molecule has 2 amide bonds. The van der Waals surface area contributed by atoms with Gasteiger partial charge < -0.3 is 9.16 Å². The molecule has 0 spiro atoms. The molecule has 0 aliphatic rings. The van der Waals surface area contributed by atoms with Gasteiger partial charge in [-0.3, -0.25) is 4.79 Å². The zero-order chi connectivity index (χ0) is 48.9. The van der Waals surface area contributed by atoms with Crippen molar-refractivity contribution in [1.82, 2.24) is 10.6 Å². The minimum absolute atomic E-state index is 0.0139. The average Bonchev–Trinajstić information content (AvgIpc) is 3.19. The Bertz CT molecular complexity index is 1880. The van der Waals surface area contributed by atoms with Crippen LogP contribution in [0.2, 0.25) is 41.6 Å². The van der Waals surface area contributed by atoms with Gasteiger partial charge in [0, 0.05) is 4.91 Å². The zero-order valence-electron chi connectivity index (χ0n) is 41.7. The minimum atomic E-state index is -2.64. The Morgan fingerprint density at radius 1 is 0.859 bits per heavy atom. The second-order valence-corrected chi connectivity index (χ2v) is 32.1. The average molecular weight is 995 g/mol. The Hall–Kier alpha value is -3.61. The maximum atomic E-state index is 14.7. The number of benzene rings is 2. The van der Waals surface area contributed by atoms with Gasteiger partial charge in [-0.15, -0.1) is 0 Å². The molecule has 0 saturated heterocycles. The van der Waals surface area contributed by atoms with E-state index in [0.29, 0.717) is 28.8 Å². The molecule has 0 saturated carbocycles. The molecule has 0 aromatic heterocycles. The fourth-order valence-corrected chi connectivity index (χ4v) is 10.1. The SMILES string of the molecule is CC[C@@](C)(Oc1cc([C@H](O[Si](C)(C)C(C)(C)C)[C@H](N=[N+]=[N-])C(=O)OC)ccc1O[Si](C)(C)C(C)(C)C)C(COCOC)NC(=O)[C@@H](NC(=O)OC(C)(C)C)C(C)C[Se]c1ccccc1. The first-order valence-corrected chi connectivity index (χ1v) is 29.7. The van der Waals surface area contributed by atoms with Crippen molar-refractivity contribution in [2.24, 2.45) is 11.0 Å². The van der Waals surface area contributed by atoms with Gasteiger partial charge in [0.1, 0.15) is 0 Å². The molecule has 2 N–H and O–H groups in total. The fourth-order valence-electron chi connectivity index (χ4n) is 5.77. The molecule has 2 unspecified atom stereocenters. The van der Waals surface area contributed by atoms with E-state index in [1.54, 1.807) is 39.0 Å². The molecule has 0 heterocycles. The molecule has 360 valence electrons. The number of esters is 1.